The highest BCUT2D eigenvalue weighted by molar-refractivity contribution is 5.98. The molecule has 2 N–H and O–H groups in total. The summed E-state index contributed by atoms with van der Waals surface area (Å²) in [6, 6.07) is 12.0. The summed E-state index contributed by atoms with van der Waals surface area (Å²) in [5, 5.41) is 2.07. The van der Waals surface area contributed by atoms with Crippen molar-refractivity contribution >= 4 is 16.7 Å². The first-order chi connectivity index (χ1) is 13.6. The van der Waals surface area contributed by atoms with E-state index in [-0.39, 0.29) is 11.8 Å². The lowest BCUT2D eigenvalue weighted by atomic mass is 9.97. The van der Waals surface area contributed by atoms with Gasteiger partial charge in [0.1, 0.15) is 11.5 Å². The van der Waals surface area contributed by atoms with E-state index in [2.05, 4.69) is 11.0 Å². The molecule has 6 nitrogen and oxygen atoms in total. The number of primary amides is 1. The monoisotopic (exact) mass is 379 g/mol. The van der Waals surface area contributed by atoms with Gasteiger partial charge in [0.15, 0.2) is 0 Å². The second kappa shape index (κ2) is 7.64. The van der Waals surface area contributed by atoms with E-state index >= 15 is 0 Å². The van der Waals surface area contributed by atoms with E-state index in [9.17, 15) is 4.79 Å². The first-order valence-electron chi connectivity index (χ1n) is 9.61. The lowest BCUT2D eigenvalue weighted by molar-refractivity contribution is -0.123. The van der Waals surface area contributed by atoms with Gasteiger partial charge < -0.3 is 14.9 Å². The molecule has 1 amide bonds. The molecule has 0 bridgehead atoms. The van der Waals surface area contributed by atoms with Gasteiger partial charge in [-0.3, -0.25) is 9.69 Å². The average molecular weight is 379 g/mol. The van der Waals surface area contributed by atoms with Crippen LogP contribution in [0.4, 0.5) is 0 Å². The van der Waals surface area contributed by atoms with E-state index in [1.807, 2.05) is 37.3 Å². The first kappa shape index (κ1) is 18.5. The fourth-order valence-electron chi connectivity index (χ4n) is 3.97. The molecule has 28 heavy (non-hydrogen) atoms. The van der Waals surface area contributed by atoms with Crippen LogP contribution in [0.1, 0.15) is 24.3 Å². The Morgan fingerprint density at radius 1 is 1.29 bits per heavy atom. The Kier molecular flexibility index (Phi) is 5.05. The smallest absolute Gasteiger partial charge is 0.227 e. The predicted octanol–water partition coefficient (Wildman–Crippen LogP) is 3.51. The van der Waals surface area contributed by atoms with Gasteiger partial charge in [-0.05, 0) is 43.8 Å². The van der Waals surface area contributed by atoms with Gasteiger partial charge in [0.2, 0.25) is 11.8 Å². The zero-order valence-electron chi connectivity index (χ0n) is 16.3. The Morgan fingerprint density at radius 2 is 2.07 bits per heavy atom. The molecule has 0 saturated carbocycles. The number of piperidine rings is 1. The normalized spacial score (nSPS) is 17.7. The third kappa shape index (κ3) is 3.47. The van der Waals surface area contributed by atoms with Crippen LogP contribution in [-0.2, 0) is 11.3 Å². The molecule has 1 atom stereocenters. The molecule has 146 valence electrons. The predicted molar refractivity (Wildman–Crippen MR) is 108 cm³/mol. The molecule has 0 unspecified atom stereocenters. The number of nitrogens with zero attached hydrogens (tertiary/aromatic N) is 2. The molecule has 1 fully saturated rings. The molecule has 2 aromatic carbocycles. The number of aryl methyl sites for hydroxylation is 1. The molecule has 1 aromatic heterocycles. The number of methoxy groups -OCH3 is 1. The minimum atomic E-state index is -0.216. The highest BCUT2D eigenvalue weighted by atomic mass is 16.5. The largest absolute Gasteiger partial charge is 0.496 e. The van der Waals surface area contributed by atoms with Crippen LogP contribution in [0, 0.1) is 12.8 Å². The Hall–Kier alpha value is -2.86. The number of carbonyl (C=O) groups excluding carboxylic acids is 1. The lowest BCUT2D eigenvalue weighted by Gasteiger charge is -2.30. The van der Waals surface area contributed by atoms with Crippen molar-refractivity contribution in [1.82, 2.24) is 9.88 Å². The van der Waals surface area contributed by atoms with Gasteiger partial charge in [-0.15, -0.1) is 0 Å². The minimum absolute atomic E-state index is 0.0778. The van der Waals surface area contributed by atoms with Crippen molar-refractivity contribution in [2.75, 3.05) is 20.2 Å². The van der Waals surface area contributed by atoms with Crippen LogP contribution in [0.3, 0.4) is 0 Å². The first-order valence-corrected chi connectivity index (χ1v) is 9.61. The number of rotatable bonds is 5. The Balaban J connectivity index is 1.64. The Morgan fingerprint density at radius 3 is 2.82 bits per heavy atom. The van der Waals surface area contributed by atoms with E-state index in [0.29, 0.717) is 19.0 Å². The third-order valence-electron chi connectivity index (χ3n) is 5.51. The van der Waals surface area contributed by atoms with Crippen molar-refractivity contribution in [3.05, 3.63) is 47.9 Å². The molecular weight excluding hydrogens is 354 g/mol. The summed E-state index contributed by atoms with van der Waals surface area (Å²) >= 11 is 0. The highest BCUT2D eigenvalue weighted by Gasteiger charge is 2.25. The molecule has 0 spiro atoms. The summed E-state index contributed by atoms with van der Waals surface area (Å²) in [5.41, 5.74) is 7.35. The minimum Gasteiger partial charge on any atom is -0.496 e. The van der Waals surface area contributed by atoms with Gasteiger partial charge >= 0.3 is 0 Å². The number of carbonyl (C=O) groups is 1. The number of fused-ring (bicyclic) bond motifs is 1. The third-order valence-corrected chi connectivity index (χ3v) is 5.51. The van der Waals surface area contributed by atoms with Crippen molar-refractivity contribution in [3.8, 4) is 17.2 Å². The second-order valence-electron chi connectivity index (χ2n) is 7.36. The molecule has 2 heterocycles. The average Bonchev–Trinajstić information content (AvgIpc) is 3.07. The van der Waals surface area contributed by atoms with Crippen LogP contribution in [0.15, 0.2) is 40.8 Å². The summed E-state index contributed by atoms with van der Waals surface area (Å²) < 4.78 is 11.5. The number of hydrogen-bond acceptors (Lipinski definition) is 5. The molecule has 0 radical (unpaired) electrons. The molecule has 3 aromatic rings. The van der Waals surface area contributed by atoms with E-state index in [1.165, 1.54) is 0 Å². The standard InChI is InChI=1S/C22H25N3O3/c1-14-19(13-25-11-5-6-15(12-25)21(23)26)24-22(28-14)18-9-10-20(27-2)17-8-4-3-7-16(17)18/h3-4,7-10,15H,5-6,11-13H2,1-2H3,(H2,23,26)/t15-/m0/s1. The number of aromatic nitrogens is 1. The maximum Gasteiger partial charge on any atom is 0.227 e. The van der Waals surface area contributed by atoms with Gasteiger partial charge in [-0.2, -0.15) is 0 Å². The summed E-state index contributed by atoms with van der Waals surface area (Å²) in [7, 11) is 1.67. The maximum absolute atomic E-state index is 11.5. The quantitative estimate of drug-likeness (QED) is 0.734. The topological polar surface area (TPSA) is 81.6 Å². The van der Waals surface area contributed by atoms with Gasteiger partial charge in [-0.1, -0.05) is 24.3 Å². The number of nitrogens with two attached hydrogens (primary N) is 1. The van der Waals surface area contributed by atoms with E-state index in [4.69, 9.17) is 19.9 Å². The summed E-state index contributed by atoms with van der Waals surface area (Å²) in [6.45, 7) is 4.22. The van der Waals surface area contributed by atoms with Gasteiger partial charge in [0.25, 0.3) is 0 Å². The number of likely N-dealkylation sites (tertiary alicyclic amines) is 1. The van der Waals surface area contributed by atoms with Gasteiger partial charge in [-0.25, -0.2) is 4.98 Å². The molecule has 0 aliphatic carbocycles. The fraction of sp³-hybridized carbons (Fsp3) is 0.364. The van der Waals surface area contributed by atoms with Crippen molar-refractivity contribution in [3.63, 3.8) is 0 Å². The Bertz CT molecular complexity index is 1010. The maximum atomic E-state index is 11.5. The fourth-order valence-corrected chi connectivity index (χ4v) is 3.97. The lowest BCUT2D eigenvalue weighted by Crippen LogP contribution is -2.40. The molecule has 6 heteroatoms. The SMILES string of the molecule is COc1ccc(-c2nc(CN3CCC[C@H](C(N)=O)C3)c(C)o2)c2ccccc12. The van der Waals surface area contributed by atoms with Crippen LogP contribution >= 0.6 is 0 Å². The summed E-state index contributed by atoms with van der Waals surface area (Å²) in [6.07, 6.45) is 1.84. The van der Waals surface area contributed by atoms with Crippen LogP contribution in [0.2, 0.25) is 0 Å². The highest BCUT2D eigenvalue weighted by Crippen LogP contribution is 2.35. The number of amides is 1. The second-order valence-corrected chi connectivity index (χ2v) is 7.36. The van der Waals surface area contributed by atoms with E-state index in [1.54, 1.807) is 7.11 Å². The van der Waals surface area contributed by atoms with Gasteiger partial charge in [0, 0.05) is 24.0 Å². The van der Waals surface area contributed by atoms with Crippen molar-refractivity contribution in [2.45, 2.75) is 26.3 Å². The van der Waals surface area contributed by atoms with E-state index in [0.717, 1.165) is 52.9 Å². The molecular formula is C22H25N3O3. The molecule has 4 rings (SSSR count). The van der Waals surface area contributed by atoms with Gasteiger partial charge in [0.05, 0.1) is 18.7 Å². The summed E-state index contributed by atoms with van der Waals surface area (Å²) in [5.74, 6) is 1.94. The number of hydrogen-bond donors (Lipinski definition) is 1. The van der Waals surface area contributed by atoms with Crippen LogP contribution < -0.4 is 10.5 Å². The number of ether oxygens (including phenoxy) is 1. The Labute approximate surface area is 164 Å². The van der Waals surface area contributed by atoms with Crippen LogP contribution in [0.5, 0.6) is 5.75 Å². The summed E-state index contributed by atoms with van der Waals surface area (Å²) in [4.78, 5) is 18.6. The van der Waals surface area contributed by atoms with E-state index < -0.39 is 0 Å². The number of oxazole rings is 1. The number of benzene rings is 2. The zero-order valence-corrected chi connectivity index (χ0v) is 16.3. The molecule has 1 aliphatic heterocycles. The van der Waals surface area contributed by atoms with Crippen molar-refractivity contribution in [2.24, 2.45) is 11.7 Å². The van der Waals surface area contributed by atoms with Crippen molar-refractivity contribution < 1.29 is 13.9 Å². The van der Waals surface area contributed by atoms with Crippen molar-refractivity contribution in [1.29, 1.82) is 0 Å². The molecule has 1 saturated heterocycles. The molecule has 1 aliphatic rings. The van der Waals surface area contributed by atoms with Crippen LogP contribution in [-0.4, -0.2) is 36.0 Å². The van der Waals surface area contributed by atoms with Crippen LogP contribution in [0.25, 0.3) is 22.2 Å². The zero-order chi connectivity index (χ0) is 19.7.